The number of hydrogen-bond donors (Lipinski definition) is 3. The molecule has 2 atom stereocenters. The highest BCUT2D eigenvalue weighted by atomic mass is 16.4. The van der Waals surface area contributed by atoms with E-state index in [1.807, 2.05) is 0 Å². The highest BCUT2D eigenvalue weighted by Crippen LogP contribution is 2.32. The number of piperidine rings is 2. The Labute approximate surface area is 96.7 Å². The van der Waals surface area contributed by atoms with Crippen molar-refractivity contribution in [2.75, 3.05) is 13.6 Å². The highest BCUT2D eigenvalue weighted by Gasteiger charge is 2.35. The number of hydrogen-bond acceptors (Lipinski definition) is 4. The summed E-state index contributed by atoms with van der Waals surface area (Å²) in [5, 5.41) is 14.8. The van der Waals surface area contributed by atoms with Crippen LogP contribution in [0.1, 0.15) is 32.1 Å². The molecule has 92 valence electrons. The zero-order valence-electron chi connectivity index (χ0n) is 9.89. The van der Waals surface area contributed by atoms with Crippen molar-refractivity contribution in [3.05, 3.63) is 0 Å². The highest BCUT2D eigenvalue weighted by molar-refractivity contribution is 5.81. The molecule has 0 amide bonds. The van der Waals surface area contributed by atoms with Crippen LogP contribution in [0.3, 0.4) is 0 Å². The fourth-order valence-electron chi connectivity index (χ4n) is 3.07. The van der Waals surface area contributed by atoms with Crippen LogP contribution in [-0.4, -0.2) is 47.7 Å². The van der Waals surface area contributed by atoms with E-state index in [9.17, 15) is 0 Å². The summed E-state index contributed by atoms with van der Waals surface area (Å²) in [7, 11) is 2.24. The lowest BCUT2D eigenvalue weighted by molar-refractivity contribution is 0.0497. The first-order valence-corrected chi connectivity index (χ1v) is 6.12. The Morgan fingerprint density at radius 2 is 2.06 bits per heavy atom. The third-order valence-corrected chi connectivity index (χ3v) is 4.04. The van der Waals surface area contributed by atoms with E-state index in [2.05, 4.69) is 22.4 Å². The average Bonchev–Trinajstić information content (AvgIpc) is 2.26. The minimum absolute atomic E-state index is 0.268. The lowest BCUT2D eigenvalue weighted by Gasteiger charge is -2.47. The van der Waals surface area contributed by atoms with Gasteiger partial charge in [0.2, 0.25) is 0 Å². The zero-order valence-corrected chi connectivity index (χ0v) is 9.89. The molecule has 0 aliphatic carbocycles. The molecule has 0 aromatic carbocycles. The van der Waals surface area contributed by atoms with Gasteiger partial charge in [-0.2, -0.15) is 0 Å². The second kappa shape index (κ2) is 5.01. The smallest absolute Gasteiger partial charge is 0.153 e. The molecule has 16 heavy (non-hydrogen) atoms. The molecule has 2 aliphatic rings. The maximum atomic E-state index is 8.48. The van der Waals surface area contributed by atoms with E-state index in [0.717, 1.165) is 12.1 Å². The largest absolute Gasteiger partial charge is 0.409 e. The molecular weight excluding hydrogens is 204 g/mol. The molecule has 2 fully saturated rings. The summed E-state index contributed by atoms with van der Waals surface area (Å²) >= 11 is 0. The van der Waals surface area contributed by atoms with Crippen molar-refractivity contribution < 1.29 is 5.21 Å². The van der Waals surface area contributed by atoms with Crippen molar-refractivity contribution in [1.29, 1.82) is 0 Å². The average molecular weight is 226 g/mol. The van der Waals surface area contributed by atoms with E-state index in [1.54, 1.807) is 0 Å². The first-order valence-electron chi connectivity index (χ1n) is 6.12. The van der Waals surface area contributed by atoms with Crippen LogP contribution in [-0.2, 0) is 0 Å². The number of nitrogens with one attached hydrogen (secondary N) is 1. The first-order chi connectivity index (χ1) is 7.70. The quantitative estimate of drug-likeness (QED) is 0.281. The standard InChI is InChI=1S/C11H22N4O/c1-15-9-3-2-4-10(15)6-8(5-9)13-7-11(12)14-16/h8-10,13,16H,2-7H2,1H3,(H2,12,14). The van der Waals surface area contributed by atoms with Crippen molar-refractivity contribution in [2.24, 2.45) is 10.9 Å². The molecule has 0 aromatic heterocycles. The Bertz CT molecular complexity index is 255. The van der Waals surface area contributed by atoms with Crippen LogP contribution in [0.15, 0.2) is 5.16 Å². The molecule has 0 radical (unpaired) electrons. The zero-order chi connectivity index (χ0) is 11.5. The molecule has 5 heteroatoms. The van der Waals surface area contributed by atoms with Gasteiger partial charge in [0.1, 0.15) is 0 Å². The van der Waals surface area contributed by atoms with Crippen molar-refractivity contribution in [3.8, 4) is 0 Å². The van der Waals surface area contributed by atoms with E-state index in [4.69, 9.17) is 10.9 Å². The van der Waals surface area contributed by atoms with Gasteiger partial charge in [0.15, 0.2) is 5.84 Å². The molecule has 4 N–H and O–H groups in total. The Morgan fingerprint density at radius 3 is 2.62 bits per heavy atom. The predicted octanol–water partition coefficient (Wildman–Crippen LogP) is 0.338. The first kappa shape index (κ1) is 11.7. The van der Waals surface area contributed by atoms with E-state index in [0.29, 0.717) is 12.6 Å². The summed E-state index contributed by atoms with van der Waals surface area (Å²) in [6.45, 7) is 0.490. The summed E-state index contributed by atoms with van der Waals surface area (Å²) in [5.41, 5.74) is 5.46. The number of nitrogens with zero attached hydrogens (tertiary/aromatic N) is 2. The summed E-state index contributed by atoms with van der Waals surface area (Å²) in [6, 6.07) is 1.96. The Balaban J connectivity index is 1.85. The summed E-state index contributed by atoms with van der Waals surface area (Å²) < 4.78 is 0. The van der Waals surface area contributed by atoms with Crippen LogP contribution in [0.4, 0.5) is 0 Å². The SMILES string of the molecule is CN1C2CCCC1CC(NCC(N)=NO)C2. The Morgan fingerprint density at radius 1 is 1.44 bits per heavy atom. The van der Waals surface area contributed by atoms with Gasteiger partial charge in [-0.05, 0) is 32.7 Å². The van der Waals surface area contributed by atoms with Crippen molar-refractivity contribution in [2.45, 2.75) is 50.2 Å². The van der Waals surface area contributed by atoms with Crippen molar-refractivity contribution in [1.82, 2.24) is 10.2 Å². The molecule has 0 spiro atoms. The number of rotatable bonds is 3. The van der Waals surface area contributed by atoms with Gasteiger partial charge in [-0.1, -0.05) is 11.6 Å². The van der Waals surface area contributed by atoms with Crippen molar-refractivity contribution >= 4 is 5.84 Å². The van der Waals surface area contributed by atoms with Gasteiger partial charge in [-0.15, -0.1) is 0 Å². The maximum absolute atomic E-state index is 8.48. The molecule has 0 saturated carbocycles. The Kier molecular flexibility index (Phi) is 3.66. The molecule has 2 rings (SSSR count). The van der Waals surface area contributed by atoms with E-state index >= 15 is 0 Å². The summed E-state index contributed by atoms with van der Waals surface area (Å²) in [4.78, 5) is 2.53. The van der Waals surface area contributed by atoms with E-state index in [-0.39, 0.29) is 5.84 Å². The van der Waals surface area contributed by atoms with Crippen LogP contribution in [0, 0.1) is 0 Å². The van der Waals surface area contributed by atoms with Crippen LogP contribution in [0.25, 0.3) is 0 Å². The van der Waals surface area contributed by atoms with Gasteiger partial charge in [0, 0.05) is 18.1 Å². The van der Waals surface area contributed by atoms with Crippen molar-refractivity contribution in [3.63, 3.8) is 0 Å². The van der Waals surface area contributed by atoms with E-state index in [1.165, 1.54) is 32.1 Å². The van der Waals surface area contributed by atoms with Crippen LogP contribution < -0.4 is 11.1 Å². The summed E-state index contributed by atoms with van der Waals surface area (Å²) in [5.74, 6) is 0.268. The molecule has 0 aromatic rings. The van der Waals surface area contributed by atoms with Gasteiger partial charge in [-0.25, -0.2) is 0 Å². The molecule has 2 aliphatic heterocycles. The van der Waals surface area contributed by atoms with Gasteiger partial charge in [0.25, 0.3) is 0 Å². The van der Waals surface area contributed by atoms with Gasteiger partial charge in [0.05, 0.1) is 6.54 Å². The number of nitrogens with two attached hydrogens (primary N) is 1. The third kappa shape index (κ3) is 2.47. The lowest BCUT2D eigenvalue weighted by Crippen LogP contribution is -2.55. The second-order valence-electron chi connectivity index (χ2n) is 5.04. The van der Waals surface area contributed by atoms with Gasteiger partial charge in [-0.3, -0.25) is 0 Å². The number of amidine groups is 1. The van der Waals surface area contributed by atoms with Gasteiger partial charge >= 0.3 is 0 Å². The third-order valence-electron chi connectivity index (χ3n) is 4.04. The lowest BCUT2D eigenvalue weighted by atomic mass is 9.82. The Hall–Kier alpha value is -0.810. The summed E-state index contributed by atoms with van der Waals surface area (Å²) in [6.07, 6.45) is 6.37. The topological polar surface area (TPSA) is 73.9 Å². The molecular formula is C11H22N4O. The van der Waals surface area contributed by atoms with Gasteiger partial charge < -0.3 is 21.2 Å². The normalized spacial score (nSPS) is 36.3. The predicted molar refractivity (Wildman–Crippen MR) is 63.6 cm³/mol. The van der Waals surface area contributed by atoms with Crippen LogP contribution in [0.2, 0.25) is 0 Å². The maximum Gasteiger partial charge on any atom is 0.153 e. The number of oxime groups is 1. The van der Waals surface area contributed by atoms with Crippen LogP contribution in [0.5, 0.6) is 0 Å². The molecule has 5 nitrogen and oxygen atoms in total. The fourth-order valence-corrected chi connectivity index (χ4v) is 3.07. The monoisotopic (exact) mass is 226 g/mol. The molecule has 2 unspecified atom stereocenters. The van der Waals surface area contributed by atoms with E-state index < -0.39 is 0 Å². The molecule has 2 heterocycles. The number of fused-ring (bicyclic) bond motifs is 2. The minimum Gasteiger partial charge on any atom is -0.409 e. The molecule has 2 bridgehead atoms. The fraction of sp³-hybridized carbons (Fsp3) is 0.909. The second-order valence-corrected chi connectivity index (χ2v) is 5.04. The van der Waals surface area contributed by atoms with Crippen LogP contribution >= 0.6 is 0 Å². The minimum atomic E-state index is 0.268. The molecule has 2 saturated heterocycles.